The van der Waals surface area contributed by atoms with Crippen LogP contribution in [0.1, 0.15) is 36.7 Å². The Kier molecular flexibility index (Phi) is 5.98. The lowest BCUT2D eigenvalue weighted by atomic mass is 10.2. The second-order valence-corrected chi connectivity index (χ2v) is 9.17. The molecule has 32 heavy (non-hydrogen) atoms. The first kappa shape index (κ1) is 21.2. The maximum absolute atomic E-state index is 13.0. The molecule has 0 unspecified atom stereocenters. The molecule has 0 atom stereocenters. The number of halogens is 1. The molecular weight excluding hydrogens is 424 g/mol. The largest absolute Gasteiger partial charge is 0.340 e. The third-order valence-corrected chi connectivity index (χ3v) is 6.65. The highest BCUT2D eigenvalue weighted by Crippen LogP contribution is 2.35. The van der Waals surface area contributed by atoms with E-state index in [1.54, 1.807) is 0 Å². The van der Waals surface area contributed by atoms with Crippen molar-refractivity contribution in [3.63, 3.8) is 0 Å². The number of piperazine rings is 1. The van der Waals surface area contributed by atoms with Crippen molar-refractivity contribution in [1.82, 2.24) is 19.4 Å². The lowest BCUT2D eigenvalue weighted by molar-refractivity contribution is -0.133. The fourth-order valence-corrected chi connectivity index (χ4v) is 4.58. The first-order valence-electron chi connectivity index (χ1n) is 11.3. The van der Waals surface area contributed by atoms with Crippen molar-refractivity contribution in [2.45, 2.75) is 38.3 Å². The lowest BCUT2D eigenvalue weighted by Crippen LogP contribution is -2.48. The van der Waals surface area contributed by atoms with Gasteiger partial charge in [-0.15, -0.1) is 0 Å². The van der Waals surface area contributed by atoms with Crippen molar-refractivity contribution in [3.8, 4) is 0 Å². The topological polar surface area (TPSA) is 58.4 Å². The van der Waals surface area contributed by atoms with E-state index in [2.05, 4.69) is 17.0 Å². The molecule has 2 aliphatic rings. The quantitative estimate of drug-likeness (QED) is 0.575. The molecule has 1 aliphatic carbocycles. The number of carbonyl (C=O) groups excluding carboxylic acids is 1. The smallest absolute Gasteiger partial charge is 0.261 e. The number of nitrogens with zero attached hydrogens (tertiary/aromatic N) is 4. The number of para-hydroxylation sites is 1. The molecule has 7 heteroatoms. The molecule has 0 N–H and O–H groups in total. The van der Waals surface area contributed by atoms with Crippen LogP contribution in [-0.2, 0) is 17.8 Å². The van der Waals surface area contributed by atoms with Gasteiger partial charge < -0.3 is 4.90 Å². The molecular formula is C25H27ClN4O2. The maximum Gasteiger partial charge on any atom is 0.261 e. The van der Waals surface area contributed by atoms with Gasteiger partial charge in [0.25, 0.3) is 5.56 Å². The van der Waals surface area contributed by atoms with Crippen LogP contribution in [0.3, 0.4) is 0 Å². The Bertz CT molecular complexity index is 1180. The summed E-state index contributed by atoms with van der Waals surface area (Å²) in [6, 6.07) is 15.7. The number of fused-ring (bicyclic) bond motifs is 1. The normalized spacial score (nSPS) is 17.1. The molecule has 0 bridgehead atoms. The minimum Gasteiger partial charge on any atom is -0.340 e. The maximum atomic E-state index is 13.0. The van der Waals surface area contributed by atoms with Crippen LogP contribution in [0.2, 0.25) is 5.02 Å². The fraction of sp³-hybridized carbons (Fsp3) is 0.400. The molecule has 1 aromatic heterocycles. The van der Waals surface area contributed by atoms with Crippen LogP contribution in [0, 0.1) is 0 Å². The summed E-state index contributed by atoms with van der Waals surface area (Å²) in [5, 5.41) is 1.41. The minimum atomic E-state index is 0.0244. The van der Waals surface area contributed by atoms with Crippen molar-refractivity contribution in [2.24, 2.45) is 0 Å². The minimum absolute atomic E-state index is 0.0244. The Labute approximate surface area is 192 Å². The zero-order chi connectivity index (χ0) is 22.1. The molecule has 0 radical (unpaired) electrons. The number of amides is 1. The standard InChI is InChI=1S/C25H27ClN4O2/c26-19-7-5-18(6-8-19)17-28-13-15-29(16-14-28)24(31)12-11-23-27-22-4-2-1-3-21(22)25(32)30(23)20-9-10-20/h1-8,20H,9-17H2. The van der Waals surface area contributed by atoms with Crippen molar-refractivity contribution >= 4 is 28.4 Å². The molecule has 3 aromatic rings. The molecule has 1 saturated heterocycles. The Morgan fingerprint density at radius 3 is 2.44 bits per heavy atom. The van der Waals surface area contributed by atoms with Gasteiger partial charge in [-0.3, -0.25) is 19.1 Å². The van der Waals surface area contributed by atoms with E-state index >= 15 is 0 Å². The summed E-state index contributed by atoms with van der Waals surface area (Å²) in [5.74, 6) is 0.881. The van der Waals surface area contributed by atoms with Gasteiger partial charge in [-0.2, -0.15) is 0 Å². The first-order valence-corrected chi connectivity index (χ1v) is 11.7. The molecule has 0 spiro atoms. The summed E-state index contributed by atoms with van der Waals surface area (Å²) in [6.45, 7) is 4.04. The van der Waals surface area contributed by atoms with Gasteiger partial charge in [0, 0.05) is 56.6 Å². The van der Waals surface area contributed by atoms with Crippen LogP contribution in [-0.4, -0.2) is 51.4 Å². The molecule has 6 nitrogen and oxygen atoms in total. The molecule has 2 fully saturated rings. The van der Waals surface area contributed by atoms with E-state index in [1.807, 2.05) is 45.9 Å². The highest BCUT2D eigenvalue weighted by molar-refractivity contribution is 6.30. The molecule has 166 valence electrons. The number of carbonyl (C=O) groups is 1. The van der Waals surface area contributed by atoms with Crippen molar-refractivity contribution in [3.05, 3.63) is 75.3 Å². The average molecular weight is 451 g/mol. The van der Waals surface area contributed by atoms with Gasteiger partial charge in [-0.05, 0) is 42.7 Å². The third-order valence-electron chi connectivity index (χ3n) is 6.40. The molecule has 1 amide bonds. The van der Waals surface area contributed by atoms with E-state index in [1.165, 1.54) is 5.56 Å². The van der Waals surface area contributed by atoms with Gasteiger partial charge in [0.05, 0.1) is 10.9 Å². The number of rotatable bonds is 6. The zero-order valence-corrected chi connectivity index (χ0v) is 18.8. The lowest BCUT2D eigenvalue weighted by Gasteiger charge is -2.35. The second-order valence-electron chi connectivity index (χ2n) is 8.73. The Morgan fingerprint density at radius 1 is 1.00 bits per heavy atom. The predicted molar refractivity (Wildman–Crippen MR) is 126 cm³/mol. The molecule has 1 saturated carbocycles. The summed E-state index contributed by atoms with van der Waals surface area (Å²) in [5.41, 5.74) is 1.97. The van der Waals surface area contributed by atoms with Gasteiger partial charge in [0.15, 0.2) is 0 Å². The van der Waals surface area contributed by atoms with Crippen molar-refractivity contribution in [1.29, 1.82) is 0 Å². The summed E-state index contributed by atoms with van der Waals surface area (Å²) in [7, 11) is 0. The number of benzene rings is 2. The van der Waals surface area contributed by atoms with Crippen LogP contribution in [0.15, 0.2) is 53.3 Å². The van der Waals surface area contributed by atoms with Gasteiger partial charge >= 0.3 is 0 Å². The fourth-order valence-electron chi connectivity index (χ4n) is 4.46. The highest BCUT2D eigenvalue weighted by atomic mass is 35.5. The van der Waals surface area contributed by atoms with Crippen LogP contribution in [0.25, 0.3) is 10.9 Å². The van der Waals surface area contributed by atoms with Crippen LogP contribution in [0.4, 0.5) is 0 Å². The number of hydrogen-bond acceptors (Lipinski definition) is 4. The van der Waals surface area contributed by atoms with E-state index in [-0.39, 0.29) is 17.5 Å². The summed E-state index contributed by atoms with van der Waals surface area (Å²) in [6.07, 6.45) is 2.90. The number of aryl methyl sites for hydroxylation is 1. The van der Waals surface area contributed by atoms with E-state index in [4.69, 9.17) is 16.6 Å². The number of hydrogen-bond donors (Lipinski definition) is 0. The van der Waals surface area contributed by atoms with E-state index in [0.717, 1.165) is 56.4 Å². The highest BCUT2D eigenvalue weighted by Gasteiger charge is 2.29. The SMILES string of the molecule is O=C(CCc1nc2ccccc2c(=O)n1C1CC1)N1CCN(Cc2ccc(Cl)cc2)CC1. The van der Waals surface area contributed by atoms with Crippen LogP contribution < -0.4 is 5.56 Å². The van der Waals surface area contributed by atoms with Gasteiger partial charge in [0.1, 0.15) is 5.82 Å². The van der Waals surface area contributed by atoms with E-state index in [0.29, 0.717) is 23.7 Å². The summed E-state index contributed by atoms with van der Waals surface area (Å²) in [4.78, 5) is 35.0. The summed E-state index contributed by atoms with van der Waals surface area (Å²) >= 11 is 5.97. The van der Waals surface area contributed by atoms with Gasteiger partial charge in [-0.1, -0.05) is 35.9 Å². The van der Waals surface area contributed by atoms with Crippen LogP contribution >= 0.6 is 11.6 Å². The number of aromatic nitrogens is 2. The van der Waals surface area contributed by atoms with Crippen LogP contribution in [0.5, 0.6) is 0 Å². The van der Waals surface area contributed by atoms with Gasteiger partial charge in [0.2, 0.25) is 5.91 Å². The van der Waals surface area contributed by atoms with E-state index < -0.39 is 0 Å². The predicted octanol–water partition coefficient (Wildman–Crippen LogP) is 3.66. The zero-order valence-electron chi connectivity index (χ0n) is 18.0. The monoisotopic (exact) mass is 450 g/mol. The Hall–Kier alpha value is -2.70. The summed E-state index contributed by atoms with van der Waals surface area (Å²) < 4.78 is 1.83. The molecule has 5 rings (SSSR count). The van der Waals surface area contributed by atoms with Crippen molar-refractivity contribution < 1.29 is 4.79 Å². The van der Waals surface area contributed by atoms with E-state index in [9.17, 15) is 9.59 Å². The molecule has 2 aromatic carbocycles. The third kappa shape index (κ3) is 4.57. The second kappa shape index (κ2) is 9.04. The molecule has 1 aliphatic heterocycles. The molecule has 2 heterocycles. The Morgan fingerprint density at radius 2 is 1.72 bits per heavy atom. The van der Waals surface area contributed by atoms with Crippen molar-refractivity contribution in [2.75, 3.05) is 26.2 Å². The van der Waals surface area contributed by atoms with Gasteiger partial charge in [-0.25, -0.2) is 4.98 Å². The first-order chi connectivity index (χ1) is 15.6. The average Bonchev–Trinajstić information content (AvgIpc) is 3.65. The Balaban J connectivity index is 1.20.